The first-order chi connectivity index (χ1) is 16.2. The minimum Gasteiger partial charge on any atom is -0.354 e. The number of sulfonamides is 1. The Morgan fingerprint density at radius 2 is 1.82 bits per heavy atom. The molecule has 180 valence electrons. The summed E-state index contributed by atoms with van der Waals surface area (Å²) >= 11 is 1.19. The molecule has 12 heteroatoms. The van der Waals surface area contributed by atoms with Gasteiger partial charge in [0.2, 0.25) is 5.91 Å². The largest absolute Gasteiger partial charge is 0.354 e. The SMILES string of the molecule is CC(=O)NCc1ccc(S(=O)(=O)N2CCN(c3cc(Nc4cc(C)ccn4)nc(C)n3)CC2)s1. The summed E-state index contributed by atoms with van der Waals surface area (Å²) in [5.41, 5.74) is 1.09. The first-order valence-corrected chi connectivity index (χ1v) is 13.1. The summed E-state index contributed by atoms with van der Waals surface area (Å²) in [4.78, 5) is 27.3. The maximum Gasteiger partial charge on any atom is 0.252 e. The van der Waals surface area contributed by atoms with Crippen LogP contribution >= 0.6 is 11.3 Å². The molecule has 1 fully saturated rings. The monoisotopic (exact) mass is 501 g/mol. The minimum absolute atomic E-state index is 0.151. The Labute approximate surface area is 203 Å². The number of aromatic nitrogens is 3. The number of carbonyl (C=O) groups excluding carboxylic acids is 1. The second kappa shape index (κ2) is 10.0. The van der Waals surface area contributed by atoms with E-state index in [1.165, 1.54) is 22.6 Å². The van der Waals surface area contributed by atoms with E-state index in [9.17, 15) is 13.2 Å². The number of thiophene rings is 1. The molecule has 4 rings (SSSR count). The van der Waals surface area contributed by atoms with Crippen LogP contribution in [0.3, 0.4) is 0 Å². The van der Waals surface area contributed by atoms with Crippen molar-refractivity contribution < 1.29 is 13.2 Å². The molecular formula is C22H27N7O3S2. The van der Waals surface area contributed by atoms with Crippen molar-refractivity contribution in [1.82, 2.24) is 24.6 Å². The van der Waals surface area contributed by atoms with Gasteiger partial charge in [0.05, 0.1) is 6.54 Å². The van der Waals surface area contributed by atoms with Gasteiger partial charge < -0.3 is 15.5 Å². The highest BCUT2D eigenvalue weighted by molar-refractivity contribution is 7.91. The van der Waals surface area contributed by atoms with Crippen molar-refractivity contribution in [2.45, 2.75) is 31.5 Å². The molecule has 34 heavy (non-hydrogen) atoms. The number of rotatable bonds is 7. The van der Waals surface area contributed by atoms with Gasteiger partial charge in [-0.2, -0.15) is 4.31 Å². The molecule has 1 aliphatic rings. The average Bonchev–Trinajstić information content (AvgIpc) is 3.27. The summed E-state index contributed by atoms with van der Waals surface area (Å²) in [7, 11) is -3.59. The van der Waals surface area contributed by atoms with Crippen LogP contribution in [0.15, 0.2) is 40.7 Å². The molecule has 0 radical (unpaired) electrons. The highest BCUT2D eigenvalue weighted by atomic mass is 32.2. The number of pyridine rings is 1. The van der Waals surface area contributed by atoms with Gasteiger partial charge in [-0.3, -0.25) is 4.79 Å². The summed E-state index contributed by atoms with van der Waals surface area (Å²) in [6.07, 6.45) is 1.74. The molecule has 1 saturated heterocycles. The van der Waals surface area contributed by atoms with E-state index in [1.807, 2.05) is 32.0 Å². The van der Waals surface area contributed by atoms with Gasteiger partial charge in [-0.15, -0.1) is 11.3 Å². The minimum atomic E-state index is -3.59. The number of amides is 1. The molecule has 0 aliphatic carbocycles. The Kier molecular flexibility index (Phi) is 7.10. The van der Waals surface area contributed by atoms with Gasteiger partial charge in [0, 0.05) is 50.2 Å². The van der Waals surface area contributed by atoms with E-state index in [0.29, 0.717) is 50.2 Å². The van der Waals surface area contributed by atoms with Crippen LogP contribution in [0, 0.1) is 13.8 Å². The Morgan fingerprint density at radius 3 is 2.53 bits per heavy atom. The summed E-state index contributed by atoms with van der Waals surface area (Å²) in [6.45, 7) is 7.32. The van der Waals surface area contributed by atoms with E-state index in [2.05, 4.69) is 30.5 Å². The lowest BCUT2D eigenvalue weighted by molar-refractivity contribution is -0.119. The van der Waals surface area contributed by atoms with Crippen molar-refractivity contribution in [2.75, 3.05) is 36.4 Å². The lowest BCUT2D eigenvalue weighted by Crippen LogP contribution is -2.48. The Morgan fingerprint density at radius 1 is 1.06 bits per heavy atom. The molecule has 2 N–H and O–H groups in total. The molecule has 10 nitrogen and oxygen atoms in total. The third-order valence-electron chi connectivity index (χ3n) is 5.30. The molecule has 1 amide bonds. The molecule has 3 aromatic heterocycles. The molecular weight excluding hydrogens is 474 g/mol. The zero-order valence-electron chi connectivity index (χ0n) is 19.3. The van der Waals surface area contributed by atoms with Crippen molar-refractivity contribution in [3.8, 4) is 0 Å². The van der Waals surface area contributed by atoms with Crippen molar-refractivity contribution in [3.63, 3.8) is 0 Å². The maximum atomic E-state index is 13.1. The summed E-state index contributed by atoms with van der Waals surface area (Å²) in [5.74, 6) is 2.55. The second-order valence-corrected chi connectivity index (χ2v) is 11.4. The third kappa shape index (κ3) is 5.69. The van der Waals surface area contributed by atoms with E-state index in [0.717, 1.165) is 16.3 Å². The second-order valence-electron chi connectivity index (χ2n) is 8.02. The van der Waals surface area contributed by atoms with Crippen molar-refractivity contribution >= 4 is 44.7 Å². The molecule has 0 atom stereocenters. The summed E-state index contributed by atoms with van der Waals surface area (Å²) in [6, 6.07) is 9.07. The smallest absolute Gasteiger partial charge is 0.252 e. The Hall–Kier alpha value is -3.09. The zero-order valence-corrected chi connectivity index (χ0v) is 20.9. The van der Waals surface area contributed by atoms with Crippen LogP contribution in [0.1, 0.15) is 23.2 Å². The fraction of sp³-hybridized carbons (Fsp3) is 0.364. The molecule has 0 unspecified atom stereocenters. The Balaban J connectivity index is 1.42. The van der Waals surface area contributed by atoms with Crippen molar-refractivity contribution in [1.29, 1.82) is 0 Å². The van der Waals surface area contributed by atoms with Gasteiger partial charge in [-0.1, -0.05) is 0 Å². The maximum absolute atomic E-state index is 13.1. The van der Waals surface area contributed by atoms with Crippen LogP contribution < -0.4 is 15.5 Å². The molecule has 0 spiro atoms. The van der Waals surface area contributed by atoms with Gasteiger partial charge in [0.15, 0.2) is 0 Å². The summed E-state index contributed by atoms with van der Waals surface area (Å²) in [5, 5.41) is 5.91. The van der Waals surface area contributed by atoms with Gasteiger partial charge >= 0.3 is 0 Å². The van der Waals surface area contributed by atoms with Crippen LogP contribution in [-0.2, 0) is 21.4 Å². The van der Waals surface area contributed by atoms with E-state index >= 15 is 0 Å². The number of hydrogen-bond acceptors (Lipinski definition) is 9. The number of nitrogens with one attached hydrogen (secondary N) is 2. The Bertz CT molecular complexity index is 1290. The first kappa shape index (κ1) is 24.0. The number of anilines is 3. The highest BCUT2D eigenvalue weighted by Crippen LogP contribution is 2.27. The number of aryl methyl sites for hydroxylation is 2. The van der Waals surface area contributed by atoms with Gasteiger partial charge in [0.1, 0.15) is 27.5 Å². The fourth-order valence-electron chi connectivity index (χ4n) is 3.60. The average molecular weight is 502 g/mol. The van der Waals surface area contributed by atoms with Crippen LogP contribution in [0.25, 0.3) is 0 Å². The topological polar surface area (TPSA) is 120 Å². The summed E-state index contributed by atoms with van der Waals surface area (Å²) < 4.78 is 28.0. The van der Waals surface area contributed by atoms with E-state index < -0.39 is 10.0 Å². The van der Waals surface area contributed by atoms with Crippen molar-refractivity contribution in [3.05, 3.63) is 52.8 Å². The van der Waals surface area contributed by atoms with Gasteiger partial charge in [-0.25, -0.2) is 23.4 Å². The number of nitrogens with zero attached hydrogens (tertiary/aromatic N) is 5. The zero-order chi connectivity index (χ0) is 24.3. The number of hydrogen-bond donors (Lipinski definition) is 2. The van der Waals surface area contributed by atoms with E-state index in [1.54, 1.807) is 18.3 Å². The standard InChI is InChI=1S/C22H27N7O3S2/c1-15-6-7-23-19(12-15)27-20-13-21(26-16(2)25-20)28-8-10-29(11-9-28)34(31,32)22-5-4-18(33-22)14-24-17(3)30/h4-7,12-13H,8-11,14H2,1-3H3,(H,24,30)(H,23,25,26,27). The van der Waals surface area contributed by atoms with Crippen LogP contribution in [0.4, 0.5) is 17.5 Å². The van der Waals surface area contributed by atoms with E-state index in [4.69, 9.17) is 0 Å². The quantitative estimate of drug-likeness (QED) is 0.507. The number of piperazine rings is 1. The van der Waals surface area contributed by atoms with Crippen LogP contribution in [-0.4, -0.2) is 59.8 Å². The molecule has 3 aromatic rings. The van der Waals surface area contributed by atoms with E-state index in [-0.39, 0.29) is 10.1 Å². The van der Waals surface area contributed by atoms with Gasteiger partial charge in [-0.05, 0) is 43.7 Å². The molecule has 0 aromatic carbocycles. The molecule has 1 aliphatic heterocycles. The first-order valence-electron chi connectivity index (χ1n) is 10.8. The molecule has 0 saturated carbocycles. The third-order valence-corrected chi connectivity index (χ3v) is 8.75. The van der Waals surface area contributed by atoms with Gasteiger partial charge in [0.25, 0.3) is 10.0 Å². The molecule has 4 heterocycles. The lowest BCUT2D eigenvalue weighted by atomic mass is 10.3. The van der Waals surface area contributed by atoms with Crippen LogP contribution in [0.5, 0.6) is 0 Å². The fourth-order valence-corrected chi connectivity index (χ4v) is 6.47. The normalized spacial score (nSPS) is 14.7. The molecule has 0 bridgehead atoms. The lowest BCUT2D eigenvalue weighted by Gasteiger charge is -2.34. The van der Waals surface area contributed by atoms with Crippen LogP contribution in [0.2, 0.25) is 0 Å². The highest BCUT2D eigenvalue weighted by Gasteiger charge is 2.30. The number of carbonyl (C=O) groups is 1. The van der Waals surface area contributed by atoms with Crippen molar-refractivity contribution in [2.24, 2.45) is 0 Å². The predicted molar refractivity (Wildman–Crippen MR) is 132 cm³/mol. The predicted octanol–water partition coefficient (Wildman–Crippen LogP) is 2.44.